The molecule has 5 heteroatoms. The fraction of sp³-hybridized carbons (Fsp3) is 0.500. The van der Waals surface area contributed by atoms with Gasteiger partial charge in [0.15, 0.2) is 0 Å². The lowest BCUT2D eigenvalue weighted by atomic mass is 10.1. The number of nitrogens with one attached hydrogen (secondary N) is 1. The van der Waals surface area contributed by atoms with Crippen molar-refractivity contribution in [1.82, 2.24) is 10.2 Å². The second-order valence-corrected chi connectivity index (χ2v) is 5.08. The van der Waals surface area contributed by atoms with E-state index in [1.165, 1.54) is 0 Å². The van der Waals surface area contributed by atoms with Crippen LogP contribution in [0.25, 0.3) is 0 Å². The van der Waals surface area contributed by atoms with Gasteiger partial charge in [0.1, 0.15) is 6.04 Å². The summed E-state index contributed by atoms with van der Waals surface area (Å²) in [5.74, 6) is -0.0368. The highest BCUT2D eigenvalue weighted by Gasteiger charge is 2.22. The van der Waals surface area contributed by atoms with Crippen LogP contribution in [0.5, 0.6) is 0 Å². The van der Waals surface area contributed by atoms with Crippen LogP contribution in [0.4, 0.5) is 0 Å². The van der Waals surface area contributed by atoms with Crippen molar-refractivity contribution in [2.45, 2.75) is 18.9 Å². The van der Waals surface area contributed by atoms with E-state index in [0.717, 1.165) is 12.0 Å². The van der Waals surface area contributed by atoms with Crippen molar-refractivity contribution in [3.63, 3.8) is 0 Å². The molecule has 106 valence electrons. The number of benzene rings is 1. The van der Waals surface area contributed by atoms with Crippen LogP contribution >= 0.6 is 11.6 Å². The summed E-state index contributed by atoms with van der Waals surface area (Å²) in [7, 11) is 3.74. The molecule has 0 aromatic heterocycles. The van der Waals surface area contributed by atoms with Crippen LogP contribution in [0, 0.1) is 0 Å². The highest BCUT2D eigenvalue weighted by atomic mass is 35.5. The SMILES string of the molecule is CN(C)C(C(=O)NCCCCO)c1ccc(Cl)cc1. The van der Waals surface area contributed by atoms with Crippen LogP contribution in [0.3, 0.4) is 0 Å². The van der Waals surface area contributed by atoms with Gasteiger partial charge in [0.2, 0.25) is 5.91 Å². The normalized spacial score (nSPS) is 12.5. The van der Waals surface area contributed by atoms with Crippen molar-refractivity contribution in [2.24, 2.45) is 0 Å². The number of likely N-dealkylation sites (N-methyl/N-ethyl adjacent to an activating group) is 1. The lowest BCUT2D eigenvalue weighted by Crippen LogP contribution is -2.37. The van der Waals surface area contributed by atoms with Gasteiger partial charge in [-0.1, -0.05) is 23.7 Å². The highest BCUT2D eigenvalue weighted by Crippen LogP contribution is 2.20. The monoisotopic (exact) mass is 284 g/mol. The topological polar surface area (TPSA) is 52.6 Å². The first kappa shape index (κ1) is 16.0. The molecule has 0 saturated carbocycles. The fourth-order valence-electron chi connectivity index (χ4n) is 1.87. The van der Waals surface area contributed by atoms with E-state index in [-0.39, 0.29) is 18.6 Å². The quantitative estimate of drug-likeness (QED) is 0.751. The zero-order valence-electron chi connectivity index (χ0n) is 11.4. The molecule has 0 spiro atoms. The van der Waals surface area contributed by atoms with Crippen molar-refractivity contribution in [3.8, 4) is 0 Å². The summed E-state index contributed by atoms with van der Waals surface area (Å²) in [5.41, 5.74) is 0.911. The summed E-state index contributed by atoms with van der Waals surface area (Å²) in [6.45, 7) is 0.738. The maximum Gasteiger partial charge on any atom is 0.241 e. The molecule has 0 fully saturated rings. The van der Waals surface area contributed by atoms with E-state index in [2.05, 4.69) is 5.32 Å². The molecule has 1 rings (SSSR count). The Kier molecular flexibility index (Phi) is 6.84. The summed E-state index contributed by atoms with van der Waals surface area (Å²) in [4.78, 5) is 14.1. The molecule has 19 heavy (non-hydrogen) atoms. The predicted octanol–water partition coefficient (Wildman–Crippen LogP) is 1.83. The van der Waals surface area contributed by atoms with E-state index in [9.17, 15) is 4.79 Å². The largest absolute Gasteiger partial charge is 0.396 e. The van der Waals surface area contributed by atoms with E-state index >= 15 is 0 Å². The van der Waals surface area contributed by atoms with Crippen molar-refractivity contribution in [2.75, 3.05) is 27.2 Å². The zero-order valence-corrected chi connectivity index (χ0v) is 12.2. The minimum absolute atomic E-state index is 0.0368. The Morgan fingerprint density at radius 3 is 2.47 bits per heavy atom. The summed E-state index contributed by atoms with van der Waals surface area (Å²) < 4.78 is 0. The Morgan fingerprint density at radius 2 is 1.95 bits per heavy atom. The number of carbonyl (C=O) groups excluding carboxylic acids is 1. The number of aliphatic hydroxyl groups excluding tert-OH is 1. The van der Waals surface area contributed by atoms with Crippen molar-refractivity contribution in [3.05, 3.63) is 34.9 Å². The molecule has 1 unspecified atom stereocenters. The zero-order chi connectivity index (χ0) is 14.3. The van der Waals surface area contributed by atoms with Crippen LogP contribution in [0.2, 0.25) is 5.02 Å². The van der Waals surface area contributed by atoms with Crippen LogP contribution in [-0.2, 0) is 4.79 Å². The number of nitrogens with zero attached hydrogens (tertiary/aromatic N) is 1. The number of unbranched alkanes of at least 4 members (excludes halogenated alkanes) is 1. The van der Waals surface area contributed by atoms with Gasteiger partial charge in [-0.25, -0.2) is 0 Å². The molecule has 0 aliphatic carbocycles. The maximum absolute atomic E-state index is 12.2. The number of hydrogen-bond acceptors (Lipinski definition) is 3. The first-order valence-electron chi connectivity index (χ1n) is 6.36. The Bertz CT molecular complexity index is 393. The van der Waals surface area contributed by atoms with Gasteiger partial charge in [-0.3, -0.25) is 9.69 Å². The van der Waals surface area contributed by atoms with Crippen molar-refractivity contribution >= 4 is 17.5 Å². The molecule has 0 saturated heterocycles. The molecular formula is C14H21ClN2O2. The molecule has 0 aliphatic heterocycles. The molecule has 0 radical (unpaired) electrons. The summed E-state index contributed by atoms with van der Waals surface area (Å²) >= 11 is 5.86. The molecule has 0 bridgehead atoms. The smallest absolute Gasteiger partial charge is 0.241 e. The standard InChI is InChI=1S/C14H21ClN2O2/c1-17(2)13(11-5-7-12(15)8-6-11)14(19)16-9-3-4-10-18/h5-8,13,18H,3-4,9-10H2,1-2H3,(H,16,19). The van der Waals surface area contributed by atoms with Crippen LogP contribution in [-0.4, -0.2) is 43.2 Å². The lowest BCUT2D eigenvalue weighted by Gasteiger charge is -2.24. The van der Waals surface area contributed by atoms with Crippen molar-refractivity contribution < 1.29 is 9.90 Å². The van der Waals surface area contributed by atoms with Gasteiger partial charge in [0.25, 0.3) is 0 Å². The second kappa shape index (κ2) is 8.15. The van der Waals surface area contributed by atoms with Crippen LogP contribution in [0.15, 0.2) is 24.3 Å². The molecule has 1 atom stereocenters. The highest BCUT2D eigenvalue weighted by molar-refractivity contribution is 6.30. The van der Waals surface area contributed by atoms with Gasteiger partial charge in [-0.2, -0.15) is 0 Å². The molecule has 1 aromatic rings. The Hall–Kier alpha value is -1.10. The van der Waals surface area contributed by atoms with E-state index in [1.54, 1.807) is 12.1 Å². The van der Waals surface area contributed by atoms with E-state index in [0.29, 0.717) is 18.0 Å². The molecule has 0 heterocycles. The average Bonchev–Trinajstić information content (AvgIpc) is 2.37. The van der Waals surface area contributed by atoms with Gasteiger partial charge < -0.3 is 10.4 Å². The van der Waals surface area contributed by atoms with E-state index in [4.69, 9.17) is 16.7 Å². The van der Waals surface area contributed by atoms with Crippen LogP contribution < -0.4 is 5.32 Å². The maximum atomic E-state index is 12.2. The minimum atomic E-state index is -0.327. The van der Waals surface area contributed by atoms with Crippen molar-refractivity contribution in [1.29, 1.82) is 0 Å². The predicted molar refractivity (Wildman–Crippen MR) is 77.2 cm³/mol. The van der Waals surface area contributed by atoms with Gasteiger partial charge in [0.05, 0.1) is 0 Å². The van der Waals surface area contributed by atoms with Gasteiger partial charge in [0, 0.05) is 18.2 Å². The van der Waals surface area contributed by atoms with Gasteiger partial charge >= 0.3 is 0 Å². The molecule has 1 amide bonds. The van der Waals surface area contributed by atoms with Gasteiger partial charge in [-0.05, 0) is 44.6 Å². The third-order valence-corrected chi connectivity index (χ3v) is 3.09. The first-order chi connectivity index (χ1) is 9.06. The molecule has 2 N–H and O–H groups in total. The average molecular weight is 285 g/mol. The summed E-state index contributed by atoms with van der Waals surface area (Å²) in [6.07, 6.45) is 1.48. The number of aliphatic hydroxyl groups is 1. The summed E-state index contributed by atoms with van der Waals surface area (Å²) in [5, 5.41) is 12.2. The third-order valence-electron chi connectivity index (χ3n) is 2.83. The Balaban J connectivity index is 2.66. The molecule has 0 aliphatic rings. The minimum Gasteiger partial charge on any atom is -0.396 e. The number of carbonyl (C=O) groups is 1. The first-order valence-corrected chi connectivity index (χ1v) is 6.74. The second-order valence-electron chi connectivity index (χ2n) is 4.64. The molecule has 4 nitrogen and oxygen atoms in total. The lowest BCUT2D eigenvalue weighted by molar-refractivity contribution is -0.125. The molecular weight excluding hydrogens is 264 g/mol. The van der Waals surface area contributed by atoms with E-state index in [1.807, 2.05) is 31.1 Å². The third kappa shape index (κ3) is 5.19. The Morgan fingerprint density at radius 1 is 1.32 bits per heavy atom. The number of hydrogen-bond donors (Lipinski definition) is 2. The number of halogens is 1. The molecule has 1 aromatic carbocycles. The van der Waals surface area contributed by atoms with E-state index < -0.39 is 0 Å². The number of amides is 1. The summed E-state index contributed by atoms with van der Waals surface area (Å²) in [6, 6.07) is 6.96. The van der Waals surface area contributed by atoms with Crippen LogP contribution in [0.1, 0.15) is 24.4 Å². The fourth-order valence-corrected chi connectivity index (χ4v) is 2.00. The number of rotatable bonds is 7. The van der Waals surface area contributed by atoms with Gasteiger partial charge in [-0.15, -0.1) is 0 Å². The Labute approximate surface area is 119 Å².